The zero-order chi connectivity index (χ0) is 46.4. The van der Waals surface area contributed by atoms with E-state index in [1.165, 1.54) is 55.9 Å². The summed E-state index contributed by atoms with van der Waals surface area (Å²) in [7, 11) is 1.32. The highest BCUT2D eigenvalue weighted by molar-refractivity contribution is 6.24. The van der Waals surface area contributed by atoms with Gasteiger partial charge in [0.05, 0.1) is 12.8 Å². The molecule has 0 radical (unpaired) electrons. The van der Waals surface area contributed by atoms with E-state index in [1.807, 2.05) is 19.1 Å². The van der Waals surface area contributed by atoms with Crippen LogP contribution in [0.4, 0.5) is 0 Å². The van der Waals surface area contributed by atoms with E-state index >= 15 is 0 Å². The molecule has 5 heterocycles. The van der Waals surface area contributed by atoms with Crippen LogP contribution < -0.4 is 16.0 Å². The summed E-state index contributed by atoms with van der Waals surface area (Å²) in [6.45, 7) is 26.2. The molecule has 0 amide bonds. The van der Waals surface area contributed by atoms with Gasteiger partial charge in [0.1, 0.15) is 12.5 Å². The van der Waals surface area contributed by atoms with Gasteiger partial charge in [-0.15, -0.1) is 0 Å². The summed E-state index contributed by atoms with van der Waals surface area (Å²) in [6.07, 6.45) is 23.6. The quantitative estimate of drug-likeness (QED) is 0.0539. The van der Waals surface area contributed by atoms with Crippen LogP contribution in [-0.2, 0) is 25.5 Å². The first-order valence-electron chi connectivity index (χ1n) is 23.9. The molecule has 64 heavy (non-hydrogen) atoms. The summed E-state index contributed by atoms with van der Waals surface area (Å²) in [4.78, 5) is 52.4. The normalized spacial score (nSPS) is 21.8. The minimum absolute atomic E-state index is 0.0931. The van der Waals surface area contributed by atoms with Gasteiger partial charge in [-0.1, -0.05) is 90.2 Å². The molecule has 6 rings (SSSR count). The molecule has 1 aliphatic carbocycles. The van der Waals surface area contributed by atoms with Gasteiger partial charge >= 0.3 is 11.9 Å². The number of rotatable bonds is 19. The van der Waals surface area contributed by atoms with E-state index in [-0.39, 0.29) is 36.6 Å². The van der Waals surface area contributed by atoms with Crippen LogP contribution in [0.25, 0.3) is 29.9 Å². The average Bonchev–Trinajstić information content (AvgIpc) is 3.99. The second-order valence-electron chi connectivity index (χ2n) is 19.3. The summed E-state index contributed by atoms with van der Waals surface area (Å²) in [6, 6.07) is 0. The molecule has 0 unspecified atom stereocenters. The average molecular weight is 871 g/mol. The highest BCUT2D eigenvalue weighted by Gasteiger charge is 2.48. The molecule has 9 nitrogen and oxygen atoms in total. The third kappa shape index (κ3) is 10.5. The summed E-state index contributed by atoms with van der Waals surface area (Å²) in [5.41, 5.74) is 13.9. The fraction of sp³-hybridized carbons (Fsp3) is 0.509. The topological polar surface area (TPSA) is 129 Å². The Morgan fingerprint density at radius 2 is 1.55 bits per heavy atom. The first-order chi connectivity index (χ1) is 30.6. The number of carbonyl (C=O) groups excluding carboxylic acids is 3. The maximum Gasteiger partial charge on any atom is 0.321 e. The summed E-state index contributed by atoms with van der Waals surface area (Å²) in [5, 5.41) is 5.65. The molecule has 0 saturated carbocycles. The van der Waals surface area contributed by atoms with Crippen LogP contribution in [0.2, 0.25) is 0 Å². The Hall–Kier alpha value is -5.31. The SMILES string of the molecule is C=Cc1c2[nH]c(c1C)/C=C1\N/C(=C3\c4[nH]c(c(C)c4C(=O)[C@@H]3C(=O)OC)/C=c3\[nH]/c(c(C)c3CC)=C\2)[C@@H](CCC(=O)OC/C=C(\C)CC/C=C(/C)CCC[C@H](C)CCCC(C)C)[C@@H]1C. The molecule has 2 aliphatic heterocycles. The number of nitrogens with one attached hydrogen (secondary N) is 4. The third-order valence-corrected chi connectivity index (χ3v) is 14.2. The number of fused-ring (bicyclic) bond motifs is 7. The fourth-order valence-electron chi connectivity index (χ4n) is 10.1. The van der Waals surface area contributed by atoms with Gasteiger partial charge in [0.15, 0.2) is 5.78 Å². The predicted octanol–water partition coefficient (Wildman–Crippen LogP) is 11.0. The van der Waals surface area contributed by atoms with E-state index in [0.717, 1.165) is 98.9 Å². The van der Waals surface area contributed by atoms with E-state index in [4.69, 9.17) is 9.47 Å². The molecule has 4 N–H and O–H groups in total. The van der Waals surface area contributed by atoms with E-state index in [1.54, 1.807) is 0 Å². The number of esters is 2. The lowest BCUT2D eigenvalue weighted by atomic mass is 9.85. The summed E-state index contributed by atoms with van der Waals surface area (Å²) < 4.78 is 11.1. The minimum Gasteiger partial charge on any atom is -0.468 e. The number of Topliss-reactive ketones (excluding diaryl/α,β-unsaturated/α-hetero) is 1. The van der Waals surface area contributed by atoms with Crippen LogP contribution in [0, 0.1) is 50.4 Å². The van der Waals surface area contributed by atoms with Crippen molar-refractivity contribution < 1.29 is 23.9 Å². The molecule has 0 aromatic carbocycles. The predicted molar refractivity (Wildman–Crippen MR) is 262 cm³/mol. The van der Waals surface area contributed by atoms with Crippen molar-refractivity contribution in [1.82, 2.24) is 20.3 Å². The summed E-state index contributed by atoms with van der Waals surface area (Å²) in [5.74, 6) is -1.07. The first-order valence-corrected chi connectivity index (χ1v) is 23.9. The van der Waals surface area contributed by atoms with Gasteiger partial charge in [-0.05, 0) is 132 Å². The summed E-state index contributed by atoms with van der Waals surface area (Å²) >= 11 is 0. The molecular weight excluding hydrogens is 797 g/mol. The molecule has 3 aromatic rings. The molecule has 3 aliphatic rings. The first kappa shape index (κ1) is 48.2. The lowest BCUT2D eigenvalue weighted by molar-refractivity contribution is -0.143. The Morgan fingerprint density at radius 3 is 2.25 bits per heavy atom. The minimum atomic E-state index is -1.15. The number of carbonyl (C=O) groups is 3. The smallest absolute Gasteiger partial charge is 0.321 e. The van der Waals surface area contributed by atoms with Crippen molar-refractivity contribution in [3.8, 4) is 0 Å². The van der Waals surface area contributed by atoms with Crippen LogP contribution in [-0.4, -0.2) is 46.4 Å². The number of H-pyrrole nitrogens is 3. The van der Waals surface area contributed by atoms with Crippen LogP contribution in [0.15, 0.2) is 41.3 Å². The number of ether oxygens (including phenoxy) is 2. The second-order valence-corrected chi connectivity index (χ2v) is 19.3. The van der Waals surface area contributed by atoms with Gasteiger partial charge < -0.3 is 29.7 Å². The molecule has 1 fully saturated rings. The maximum absolute atomic E-state index is 14.4. The molecule has 344 valence electrons. The van der Waals surface area contributed by atoms with E-state index in [2.05, 4.69) is 113 Å². The van der Waals surface area contributed by atoms with Gasteiger partial charge in [0.2, 0.25) is 0 Å². The Bertz CT molecular complexity index is 2510. The Kier molecular flexibility index (Phi) is 15.9. The van der Waals surface area contributed by atoms with Crippen LogP contribution in [0.1, 0.15) is 174 Å². The Balaban J connectivity index is 1.23. The molecule has 8 bridgehead atoms. The number of allylic oxidation sites excluding steroid dienone is 5. The number of aromatic amines is 3. The maximum atomic E-state index is 14.4. The largest absolute Gasteiger partial charge is 0.468 e. The Labute approximate surface area is 381 Å². The lowest BCUT2D eigenvalue weighted by Crippen LogP contribution is -2.25. The van der Waals surface area contributed by atoms with Crippen molar-refractivity contribution in [2.24, 2.45) is 29.6 Å². The molecule has 9 heteroatoms. The van der Waals surface area contributed by atoms with Crippen molar-refractivity contribution in [2.45, 2.75) is 140 Å². The number of aromatic nitrogens is 3. The standard InChI is InChI=1S/C55H74N4O5/c1-13-39-35(8)42-28-44-37(10)41(24-25-48(60)64-27-26-34(7)23-17-22-33(6)21-16-20-32(5)19-15-18-31(3)4)52(58-44)50-51(55(62)63-12)54(61)49-38(11)45(59-53(49)50)30-47-40(14-2)36(9)43(57-47)29-46(39)56-42/h13,22,26,28-32,37,41,51,56-59H,1,14-21,23-25,27H2,2-12H3/b33-22-,34-26+,43-29-,44-28-,47-30-,52-50-/t32-,37+,41+,51-/m1/s1. The van der Waals surface area contributed by atoms with Gasteiger partial charge in [-0.2, -0.15) is 0 Å². The highest BCUT2D eigenvalue weighted by Crippen LogP contribution is 2.48. The van der Waals surface area contributed by atoms with Crippen molar-refractivity contribution in [2.75, 3.05) is 13.7 Å². The third-order valence-electron chi connectivity index (χ3n) is 14.2. The number of methoxy groups -OCH3 is 1. The molecule has 4 atom stereocenters. The van der Waals surface area contributed by atoms with Crippen molar-refractivity contribution in [3.05, 3.63) is 108 Å². The lowest BCUT2D eigenvalue weighted by Gasteiger charge is -2.19. The Morgan fingerprint density at radius 1 is 0.844 bits per heavy atom. The second kappa shape index (κ2) is 21.1. The molecule has 3 aromatic heterocycles. The number of hydrogen-bond donors (Lipinski definition) is 4. The zero-order valence-corrected chi connectivity index (χ0v) is 40.6. The van der Waals surface area contributed by atoms with Crippen molar-refractivity contribution in [1.29, 1.82) is 0 Å². The van der Waals surface area contributed by atoms with Crippen molar-refractivity contribution in [3.63, 3.8) is 0 Å². The number of ketones is 1. The monoisotopic (exact) mass is 871 g/mol. The van der Waals surface area contributed by atoms with E-state index in [9.17, 15) is 14.4 Å². The van der Waals surface area contributed by atoms with Crippen LogP contribution in [0.5, 0.6) is 0 Å². The van der Waals surface area contributed by atoms with Gasteiger partial charge in [0, 0.05) is 74.1 Å². The van der Waals surface area contributed by atoms with Crippen LogP contribution in [0.3, 0.4) is 0 Å². The number of hydrogen-bond acceptors (Lipinski definition) is 6. The van der Waals surface area contributed by atoms with Gasteiger partial charge in [0.25, 0.3) is 0 Å². The molecular formula is C55H74N4O5. The van der Waals surface area contributed by atoms with E-state index < -0.39 is 11.9 Å². The van der Waals surface area contributed by atoms with Crippen LogP contribution >= 0.6 is 0 Å². The fourth-order valence-corrected chi connectivity index (χ4v) is 10.1. The van der Waals surface area contributed by atoms with Crippen molar-refractivity contribution >= 4 is 47.6 Å². The highest BCUT2D eigenvalue weighted by atomic mass is 16.5. The zero-order valence-electron chi connectivity index (χ0n) is 40.6. The van der Waals surface area contributed by atoms with Gasteiger partial charge in [-0.25, -0.2) is 0 Å². The van der Waals surface area contributed by atoms with Gasteiger partial charge in [-0.3, -0.25) is 14.4 Å². The molecule has 1 saturated heterocycles. The van der Waals surface area contributed by atoms with E-state index in [0.29, 0.717) is 23.3 Å². The molecule has 0 spiro atoms.